The molecule has 0 amide bonds. The Hall–Kier alpha value is -1.75. The highest BCUT2D eigenvalue weighted by Gasteiger charge is 2.28. The van der Waals surface area contributed by atoms with Crippen LogP contribution < -0.4 is 15.0 Å². The molecule has 2 N–H and O–H groups in total. The van der Waals surface area contributed by atoms with Crippen molar-refractivity contribution in [1.29, 1.82) is 0 Å². The molecule has 19 heavy (non-hydrogen) atoms. The molecule has 5 nitrogen and oxygen atoms in total. The van der Waals surface area contributed by atoms with Crippen molar-refractivity contribution in [3.63, 3.8) is 0 Å². The van der Waals surface area contributed by atoms with Crippen LogP contribution in [0.1, 0.15) is 12.8 Å². The molecule has 1 aromatic rings. The van der Waals surface area contributed by atoms with Crippen LogP contribution in [0, 0.1) is 0 Å². The number of carboxylic acid groups (broad SMARTS) is 1. The van der Waals surface area contributed by atoms with Crippen molar-refractivity contribution in [2.24, 2.45) is 0 Å². The lowest BCUT2D eigenvalue weighted by molar-refractivity contribution is -0.139. The van der Waals surface area contributed by atoms with Crippen molar-refractivity contribution in [3.8, 4) is 5.75 Å². The highest BCUT2D eigenvalue weighted by Crippen LogP contribution is 2.21. The lowest BCUT2D eigenvalue weighted by atomic mass is 10.2. The van der Waals surface area contributed by atoms with Gasteiger partial charge in [0.05, 0.1) is 7.11 Å². The van der Waals surface area contributed by atoms with E-state index in [1.807, 2.05) is 36.2 Å². The molecule has 1 aliphatic carbocycles. The molecule has 1 atom stereocenters. The number of nitrogens with zero attached hydrogens (tertiary/aromatic N) is 1. The van der Waals surface area contributed by atoms with Gasteiger partial charge >= 0.3 is 5.97 Å². The smallest absolute Gasteiger partial charge is 0.322 e. The number of aliphatic carboxylic acids is 1. The summed E-state index contributed by atoms with van der Waals surface area (Å²) in [6.07, 6.45) is 2.16. The molecular weight excluding hydrogens is 244 g/mol. The highest BCUT2D eigenvalue weighted by molar-refractivity contribution is 5.74. The van der Waals surface area contributed by atoms with Gasteiger partial charge in [-0.1, -0.05) is 0 Å². The van der Waals surface area contributed by atoms with E-state index in [0.717, 1.165) is 24.3 Å². The summed E-state index contributed by atoms with van der Waals surface area (Å²) in [5, 5.41) is 12.4. The van der Waals surface area contributed by atoms with E-state index in [2.05, 4.69) is 5.32 Å². The average Bonchev–Trinajstić information content (AvgIpc) is 3.22. The molecule has 0 bridgehead atoms. The molecule has 0 aliphatic heterocycles. The molecule has 0 heterocycles. The Labute approximate surface area is 113 Å². The van der Waals surface area contributed by atoms with Gasteiger partial charge in [0.1, 0.15) is 11.8 Å². The maximum Gasteiger partial charge on any atom is 0.322 e. The Balaban J connectivity index is 1.96. The van der Waals surface area contributed by atoms with E-state index in [1.54, 1.807) is 7.11 Å². The van der Waals surface area contributed by atoms with Crippen molar-refractivity contribution < 1.29 is 14.6 Å². The number of methoxy groups -OCH3 is 1. The summed E-state index contributed by atoms with van der Waals surface area (Å²) >= 11 is 0. The second-order valence-corrected chi connectivity index (χ2v) is 4.91. The molecule has 0 radical (unpaired) electrons. The molecule has 1 saturated carbocycles. The zero-order valence-corrected chi connectivity index (χ0v) is 11.3. The monoisotopic (exact) mass is 264 g/mol. The first-order chi connectivity index (χ1) is 9.10. The van der Waals surface area contributed by atoms with Crippen LogP contribution in [0.2, 0.25) is 0 Å². The molecule has 1 fully saturated rings. The van der Waals surface area contributed by atoms with Gasteiger partial charge in [-0.05, 0) is 37.1 Å². The largest absolute Gasteiger partial charge is 0.497 e. The second-order valence-electron chi connectivity index (χ2n) is 4.91. The standard InChI is InChI=1S/C14H20N2O3/c1-16(11-5-7-12(19-2)8-6-11)9-13(14(17)18)15-10-3-4-10/h5-8,10,13,15H,3-4,9H2,1-2H3,(H,17,18). The number of carbonyl (C=O) groups is 1. The Morgan fingerprint density at radius 1 is 1.47 bits per heavy atom. The first kappa shape index (κ1) is 13.7. The number of rotatable bonds is 7. The lowest BCUT2D eigenvalue weighted by Gasteiger charge is -2.24. The predicted molar refractivity (Wildman–Crippen MR) is 73.8 cm³/mol. The van der Waals surface area contributed by atoms with E-state index >= 15 is 0 Å². The van der Waals surface area contributed by atoms with Gasteiger partial charge in [0.2, 0.25) is 0 Å². The summed E-state index contributed by atoms with van der Waals surface area (Å²) < 4.78 is 5.10. The van der Waals surface area contributed by atoms with Gasteiger partial charge in [-0.3, -0.25) is 4.79 Å². The fourth-order valence-corrected chi connectivity index (χ4v) is 1.95. The van der Waals surface area contributed by atoms with Gasteiger partial charge in [-0.2, -0.15) is 0 Å². The van der Waals surface area contributed by atoms with E-state index in [-0.39, 0.29) is 0 Å². The first-order valence-electron chi connectivity index (χ1n) is 6.44. The van der Waals surface area contributed by atoms with Crippen molar-refractivity contribution >= 4 is 11.7 Å². The quantitative estimate of drug-likeness (QED) is 0.778. The molecule has 0 aromatic heterocycles. The number of hydrogen-bond donors (Lipinski definition) is 2. The molecule has 0 saturated heterocycles. The van der Waals surface area contributed by atoms with Gasteiger partial charge in [0.25, 0.3) is 0 Å². The molecule has 0 spiro atoms. The summed E-state index contributed by atoms with van der Waals surface area (Å²) in [6.45, 7) is 0.443. The third-order valence-electron chi connectivity index (χ3n) is 3.28. The molecule has 1 unspecified atom stereocenters. The molecule has 1 aliphatic rings. The normalized spacial score (nSPS) is 15.9. The van der Waals surface area contributed by atoms with E-state index in [1.165, 1.54) is 0 Å². The number of anilines is 1. The summed E-state index contributed by atoms with van der Waals surface area (Å²) in [5.74, 6) is -0.00435. The zero-order valence-electron chi connectivity index (χ0n) is 11.3. The van der Waals surface area contributed by atoms with Crippen LogP contribution in [0.25, 0.3) is 0 Å². The third-order valence-corrected chi connectivity index (χ3v) is 3.28. The Bertz CT molecular complexity index is 429. The van der Waals surface area contributed by atoms with Gasteiger partial charge in [-0.25, -0.2) is 0 Å². The lowest BCUT2D eigenvalue weighted by Crippen LogP contribution is -2.46. The third kappa shape index (κ3) is 3.86. The van der Waals surface area contributed by atoms with Crippen molar-refractivity contribution in [2.75, 3.05) is 25.6 Å². The minimum absolute atomic E-state index is 0.380. The predicted octanol–water partition coefficient (Wildman–Crippen LogP) is 1.34. The fourth-order valence-electron chi connectivity index (χ4n) is 1.95. The average molecular weight is 264 g/mol. The number of carboxylic acids is 1. The van der Waals surface area contributed by atoms with Crippen LogP contribution in [-0.2, 0) is 4.79 Å². The van der Waals surface area contributed by atoms with E-state index in [4.69, 9.17) is 4.74 Å². The second kappa shape index (κ2) is 5.93. The maximum absolute atomic E-state index is 11.2. The number of likely N-dealkylation sites (N-methyl/N-ethyl adjacent to an activating group) is 1. The van der Waals surface area contributed by atoms with Gasteiger partial charge in [-0.15, -0.1) is 0 Å². The summed E-state index contributed by atoms with van der Waals surface area (Å²) in [7, 11) is 3.52. The first-order valence-corrected chi connectivity index (χ1v) is 6.44. The number of ether oxygens (including phenoxy) is 1. The molecule has 1 aromatic carbocycles. The van der Waals surface area contributed by atoms with E-state index in [9.17, 15) is 9.90 Å². The molecule has 5 heteroatoms. The van der Waals surface area contributed by atoms with Gasteiger partial charge in [0.15, 0.2) is 0 Å². The zero-order chi connectivity index (χ0) is 13.8. The summed E-state index contributed by atoms with van der Waals surface area (Å²) in [5.41, 5.74) is 0.977. The minimum atomic E-state index is -0.799. The summed E-state index contributed by atoms with van der Waals surface area (Å²) in [4.78, 5) is 13.2. The maximum atomic E-state index is 11.2. The topological polar surface area (TPSA) is 61.8 Å². The fraction of sp³-hybridized carbons (Fsp3) is 0.500. The number of benzene rings is 1. The number of nitrogens with one attached hydrogen (secondary N) is 1. The van der Waals surface area contributed by atoms with Crippen LogP contribution in [0.3, 0.4) is 0 Å². The van der Waals surface area contributed by atoms with Gasteiger partial charge in [0, 0.05) is 25.3 Å². The van der Waals surface area contributed by atoms with E-state index < -0.39 is 12.0 Å². The molecule has 104 valence electrons. The van der Waals surface area contributed by atoms with Crippen LogP contribution in [0.15, 0.2) is 24.3 Å². The Morgan fingerprint density at radius 3 is 2.58 bits per heavy atom. The van der Waals surface area contributed by atoms with E-state index in [0.29, 0.717) is 12.6 Å². The SMILES string of the molecule is COc1ccc(N(C)CC(NC2CC2)C(=O)O)cc1. The van der Waals surface area contributed by atoms with Crippen LogP contribution in [0.4, 0.5) is 5.69 Å². The summed E-state index contributed by atoms with van der Waals surface area (Å²) in [6, 6.07) is 7.44. The molecular formula is C14H20N2O3. The Kier molecular flexibility index (Phi) is 4.27. The van der Waals surface area contributed by atoms with Crippen molar-refractivity contribution in [1.82, 2.24) is 5.32 Å². The van der Waals surface area contributed by atoms with Crippen molar-refractivity contribution in [3.05, 3.63) is 24.3 Å². The van der Waals surface area contributed by atoms with Gasteiger partial charge < -0.3 is 20.1 Å². The van der Waals surface area contributed by atoms with Crippen molar-refractivity contribution in [2.45, 2.75) is 24.9 Å². The minimum Gasteiger partial charge on any atom is -0.497 e. The van der Waals surface area contributed by atoms with Crippen LogP contribution in [0.5, 0.6) is 5.75 Å². The molecule has 2 rings (SSSR count). The highest BCUT2D eigenvalue weighted by atomic mass is 16.5. The van der Waals surface area contributed by atoms with Crippen LogP contribution >= 0.6 is 0 Å². The van der Waals surface area contributed by atoms with Crippen LogP contribution in [-0.4, -0.2) is 43.9 Å². The number of hydrogen-bond acceptors (Lipinski definition) is 4. The Morgan fingerprint density at radius 2 is 2.11 bits per heavy atom.